The normalized spacial score (nSPS) is 18.2. The minimum Gasteiger partial charge on any atom is -0.480 e. The zero-order valence-electron chi connectivity index (χ0n) is 26.4. The minimum absolute atomic E-state index is 0.110. The van der Waals surface area contributed by atoms with Gasteiger partial charge in [0.15, 0.2) is 0 Å². The van der Waals surface area contributed by atoms with E-state index in [1.54, 1.807) is 11.8 Å². The second kappa shape index (κ2) is 13.8. The van der Waals surface area contributed by atoms with Gasteiger partial charge in [0.05, 0.1) is 12.2 Å². The van der Waals surface area contributed by atoms with Crippen molar-refractivity contribution < 1.29 is 23.5 Å². The molecule has 46 heavy (non-hydrogen) atoms. The van der Waals surface area contributed by atoms with Gasteiger partial charge in [0.1, 0.15) is 6.04 Å². The zero-order chi connectivity index (χ0) is 32.3. The van der Waals surface area contributed by atoms with Gasteiger partial charge in [-0.2, -0.15) is 0 Å². The van der Waals surface area contributed by atoms with Crippen molar-refractivity contribution in [2.24, 2.45) is 5.41 Å². The lowest BCUT2D eigenvalue weighted by molar-refractivity contribution is -0.144. The molecule has 4 aromatic rings. The van der Waals surface area contributed by atoms with Gasteiger partial charge in [-0.3, -0.25) is 19.6 Å². The summed E-state index contributed by atoms with van der Waals surface area (Å²) < 4.78 is 25.7. The summed E-state index contributed by atoms with van der Waals surface area (Å²) in [5.74, 6) is -1.46. The van der Waals surface area contributed by atoms with Gasteiger partial charge in [-0.05, 0) is 79.1 Å². The van der Waals surface area contributed by atoms with E-state index >= 15 is 0 Å². The second-order valence-corrected chi connectivity index (χ2v) is 13.2. The van der Waals surface area contributed by atoms with Crippen LogP contribution in [0.5, 0.6) is 0 Å². The number of likely N-dealkylation sites (tertiary alicyclic amines) is 2. The van der Waals surface area contributed by atoms with Crippen molar-refractivity contribution in [1.29, 1.82) is 0 Å². The number of carboxylic acid groups (broad SMARTS) is 1. The van der Waals surface area contributed by atoms with Crippen LogP contribution in [-0.4, -0.2) is 77.0 Å². The van der Waals surface area contributed by atoms with Crippen molar-refractivity contribution in [3.63, 3.8) is 0 Å². The molecule has 2 N–H and O–H groups in total. The molecule has 2 saturated heterocycles. The number of amides is 1. The molecule has 0 spiro atoms. The summed E-state index contributed by atoms with van der Waals surface area (Å²) >= 11 is 0. The smallest absolute Gasteiger partial charge is 0.326 e. The van der Waals surface area contributed by atoms with E-state index < -0.39 is 23.9 Å². The maximum Gasteiger partial charge on any atom is 0.326 e. The van der Waals surface area contributed by atoms with Crippen LogP contribution in [0.25, 0.3) is 32.8 Å². The SMILES string of the molecule is CC1(C(=O)N[C@@H](Cc2cccc3c(-c4ncc(CN5CCCCC5)c5ccccc45)cccc23)C(=O)O)CCN(CC(F)F)CC1. The van der Waals surface area contributed by atoms with E-state index in [9.17, 15) is 23.5 Å². The maximum atomic E-state index is 13.4. The minimum atomic E-state index is -2.42. The molecule has 0 bridgehead atoms. The summed E-state index contributed by atoms with van der Waals surface area (Å²) in [7, 11) is 0. The van der Waals surface area contributed by atoms with E-state index in [0.717, 1.165) is 52.6 Å². The number of carboxylic acids is 1. The fraction of sp³-hybridized carbons (Fsp3) is 0.432. The van der Waals surface area contributed by atoms with Crippen LogP contribution in [0, 0.1) is 5.41 Å². The molecule has 1 aromatic heterocycles. The summed E-state index contributed by atoms with van der Waals surface area (Å²) in [5, 5.41) is 17.1. The number of fused-ring (bicyclic) bond motifs is 2. The molecule has 6 rings (SSSR count). The Kier molecular flexibility index (Phi) is 9.61. The van der Waals surface area contributed by atoms with Crippen LogP contribution in [0.4, 0.5) is 8.78 Å². The van der Waals surface area contributed by atoms with Crippen LogP contribution in [0.2, 0.25) is 0 Å². The number of nitrogens with zero attached hydrogens (tertiary/aromatic N) is 3. The maximum absolute atomic E-state index is 13.4. The summed E-state index contributed by atoms with van der Waals surface area (Å²) in [5.41, 5.74) is 3.07. The van der Waals surface area contributed by atoms with Crippen LogP contribution in [-0.2, 0) is 22.6 Å². The Hall–Kier alpha value is -3.95. The predicted molar refractivity (Wildman–Crippen MR) is 177 cm³/mol. The molecular formula is C37H42F2N4O3. The summed E-state index contributed by atoms with van der Waals surface area (Å²) in [6.45, 7) is 5.33. The highest BCUT2D eigenvalue weighted by molar-refractivity contribution is 6.05. The highest BCUT2D eigenvalue weighted by Gasteiger charge is 2.39. The number of aliphatic carboxylic acids is 1. The van der Waals surface area contributed by atoms with Gasteiger partial charge < -0.3 is 10.4 Å². The summed E-state index contributed by atoms with van der Waals surface area (Å²) in [4.78, 5) is 35.0. The Labute approximate surface area is 268 Å². The van der Waals surface area contributed by atoms with Gasteiger partial charge >= 0.3 is 5.97 Å². The number of rotatable bonds is 10. The van der Waals surface area contributed by atoms with Gasteiger partial charge in [-0.1, -0.05) is 74.0 Å². The van der Waals surface area contributed by atoms with Crippen molar-refractivity contribution in [2.45, 2.75) is 64.5 Å². The predicted octanol–water partition coefficient (Wildman–Crippen LogP) is 6.52. The first kappa shape index (κ1) is 32.0. The van der Waals surface area contributed by atoms with Gasteiger partial charge in [0.25, 0.3) is 6.43 Å². The number of alkyl halides is 2. The van der Waals surface area contributed by atoms with Crippen molar-refractivity contribution in [3.8, 4) is 11.3 Å². The van der Waals surface area contributed by atoms with Crippen molar-refractivity contribution in [3.05, 3.63) is 78.0 Å². The summed E-state index contributed by atoms with van der Waals surface area (Å²) in [6, 6.07) is 19.2. The number of halogens is 2. The van der Waals surface area contributed by atoms with E-state index in [1.807, 2.05) is 42.6 Å². The molecule has 242 valence electrons. The van der Waals surface area contributed by atoms with Crippen LogP contribution in [0.3, 0.4) is 0 Å². The Morgan fingerprint density at radius 3 is 2.22 bits per heavy atom. The molecule has 2 fully saturated rings. The van der Waals surface area contributed by atoms with Gasteiger partial charge in [-0.15, -0.1) is 0 Å². The molecule has 7 nitrogen and oxygen atoms in total. The number of carbonyl (C=O) groups is 2. The molecule has 1 amide bonds. The Morgan fingerprint density at radius 2 is 1.50 bits per heavy atom. The molecule has 1 atom stereocenters. The monoisotopic (exact) mass is 628 g/mol. The quantitative estimate of drug-likeness (QED) is 0.208. The average molecular weight is 629 g/mol. The standard InChI is InChI=1S/C37H42F2N4O3/c1-37(15-19-43(20-16-37)24-33(38)39)36(46)41-32(35(44)45)21-25-9-7-13-29-27(25)12-8-14-31(29)34-30-11-4-3-10-28(30)26(22-40-34)23-42-17-5-2-6-18-42/h3-4,7-14,22,32-33H,2,5-6,15-21,23-24H2,1H3,(H,41,46)(H,44,45)/t32-/m0/s1. The highest BCUT2D eigenvalue weighted by Crippen LogP contribution is 2.36. The zero-order valence-corrected chi connectivity index (χ0v) is 26.4. The van der Waals surface area contributed by atoms with Crippen molar-refractivity contribution in [2.75, 3.05) is 32.7 Å². The number of pyridine rings is 1. The largest absolute Gasteiger partial charge is 0.480 e. The molecule has 0 unspecified atom stereocenters. The van der Waals surface area contributed by atoms with Crippen LogP contribution < -0.4 is 5.32 Å². The van der Waals surface area contributed by atoms with E-state index in [4.69, 9.17) is 4.98 Å². The molecule has 0 saturated carbocycles. The van der Waals surface area contributed by atoms with Crippen molar-refractivity contribution in [1.82, 2.24) is 20.1 Å². The number of carbonyl (C=O) groups excluding carboxylic acids is 1. The Balaban J connectivity index is 1.26. The number of nitrogens with one attached hydrogen (secondary N) is 1. The number of hydrogen-bond acceptors (Lipinski definition) is 5. The van der Waals surface area contributed by atoms with Crippen LogP contribution >= 0.6 is 0 Å². The first-order valence-electron chi connectivity index (χ1n) is 16.4. The Morgan fingerprint density at radius 1 is 0.848 bits per heavy atom. The molecule has 3 heterocycles. The summed E-state index contributed by atoms with van der Waals surface area (Å²) in [6.07, 6.45) is 4.24. The van der Waals surface area contributed by atoms with E-state index in [1.165, 1.54) is 30.2 Å². The first-order chi connectivity index (χ1) is 22.2. The third kappa shape index (κ3) is 6.90. The van der Waals surface area contributed by atoms with E-state index in [0.29, 0.717) is 25.9 Å². The number of aromatic nitrogens is 1. The van der Waals surface area contributed by atoms with Crippen LogP contribution in [0.15, 0.2) is 66.9 Å². The third-order valence-corrected chi connectivity index (χ3v) is 9.92. The Bertz CT molecular complexity index is 1710. The van der Waals surface area contributed by atoms with Gasteiger partial charge in [-0.25, -0.2) is 13.6 Å². The fourth-order valence-corrected chi connectivity index (χ4v) is 7.11. The highest BCUT2D eigenvalue weighted by atomic mass is 19.3. The molecule has 0 radical (unpaired) electrons. The number of hydrogen-bond donors (Lipinski definition) is 2. The number of piperidine rings is 2. The molecule has 2 aliphatic heterocycles. The first-order valence-corrected chi connectivity index (χ1v) is 16.4. The molecule has 3 aromatic carbocycles. The lowest BCUT2D eigenvalue weighted by atomic mass is 9.79. The second-order valence-electron chi connectivity index (χ2n) is 13.2. The average Bonchev–Trinajstić information content (AvgIpc) is 3.06. The third-order valence-electron chi connectivity index (χ3n) is 9.92. The van der Waals surface area contributed by atoms with Crippen molar-refractivity contribution >= 4 is 33.4 Å². The fourth-order valence-electron chi connectivity index (χ4n) is 7.11. The number of benzene rings is 3. The topological polar surface area (TPSA) is 85.8 Å². The van der Waals surface area contributed by atoms with Crippen LogP contribution in [0.1, 0.15) is 50.2 Å². The van der Waals surface area contributed by atoms with Gasteiger partial charge in [0.2, 0.25) is 5.91 Å². The van der Waals surface area contributed by atoms with E-state index in [2.05, 4.69) is 34.5 Å². The lowest BCUT2D eigenvalue weighted by Gasteiger charge is -2.38. The van der Waals surface area contributed by atoms with E-state index in [-0.39, 0.29) is 18.9 Å². The van der Waals surface area contributed by atoms with Gasteiger partial charge in [0, 0.05) is 35.5 Å². The molecule has 0 aliphatic carbocycles. The molecular weight excluding hydrogens is 586 g/mol. The molecule has 9 heteroatoms. The molecule has 2 aliphatic rings. The lowest BCUT2D eigenvalue weighted by Crippen LogP contribution is -2.52.